The van der Waals surface area contributed by atoms with Gasteiger partial charge in [0, 0.05) is 19.5 Å². The Morgan fingerprint density at radius 3 is 2.35 bits per heavy atom. The van der Waals surface area contributed by atoms with Gasteiger partial charge in [0.2, 0.25) is 5.91 Å². The highest BCUT2D eigenvalue weighted by molar-refractivity contribution is 7.07. The van der Waals surface area contributed by atoms with Crippen molar-refractivity contribution in [1.82, 2.24) is 10.2 Å². The van der Waals surface area contributed by atoms with Crippen LogP contribution >= 0.6 is 11.3 Å². The minimum absolute atomic E-state index is 0.114. The highest BCUT2D eigenvalue weighted by atomic mass is 32.1. The first-order valence-electron chi connectivity index (χ1n) is 8.29. The Kier molecular flexibility index (Phi) is 7.30. The molecule has 1 N–H and O–H groups in total. The zero-order valence-corrected chi connectivity index (χ0v) is 14.9. The number of rotatable bonds is 9. The molecule has 0 aliphatic heterocycles. The van der Waals surface area contributed by atoms with Crippen molar-refractivity contribution in [2.24, 2.45) is 0 Å². The summed E-state index contributed by atoms with van der Waals surface area (Å²) >= 11 is 1.67. The Balaban J connectivity index is 1.73. The molecule has 1 aromatic carbocycles. The molecule has 0 aliphatic rings. The number of benzene rings is 1. The molecule has 3 nitrogen and oxygen atoms in total. The fraction of sp³-hybridized carbons (Fsp3) is 0.421. The molecule has 23 heavy (non-hydrogen) atoms. The second kappa shape index (κ2) is 9.48. The van der Waals surface area contributed by atoms with E-state index in [0.29, 0.717) is 13.0 Å². The third kappa shape index (κ3) is 6.16. The zero-order chi connectivity index (χ0) is 16.5. The molecule has 0 fully saturated rings. The van der Waals surface area contributed by atoms with Gasteiger partial charge in [0.15, 0.2) is 0 Å². The third-order valence-electron chi connectivity index (χ3n) is 4.03. The van der Waals surface area contributed by atoms with Crippen molar-refractivity contribution in [1.29, 1.82) is 0 Å². The van der Waals surface area contributed by atoms with Crippen LogP contribution < -0.4 is 5.32 Å². The number of carbonyl (C=O) groups is 1. The van der Waals surface area contributed by atoms with Crippen LogP contribution in [0, 0.1) is 0 Å². The molecule has 4 heteroatoms. The van der Waals surface area contributed by atoms with Gasteiger partial charge in [-0.2, -0.15) is 11.3 Å². The van der Waals surface area contributed by atoms with Gasteiger partial charge in [-0.15, -0.1) is 0 Å². The van der Waals surface area contributed by atoms with Crippen LogP contribution in [0.15, 0.2) is 41.1 Å². The second-order valence-electron chi connectivity index (χ2n) is 5.69. The van der Waals surface area contributed by atoms with Crippen LogP contribution in [0.4, 0.5) is 0 Å². The minimum atomic E-state index is 0.114. The molecule has 0 unspecified atom stereocenters. The number of thiophene rings is 1. The van der Waals surface area contributed by atoms with E-state index in [2.05, 4.69) is 59.8 Å². The Morgan fingerprint density at radius 1 is 1.04 bits per heavy atom. The molecule has 124 valence electrons. The second-order valence-corrected chi connectivity index (χ2v) is 6.47. The average Bonchev–Trinajstić information content (AvgIpc) is 3.10. The summed E-state index contributed by atoms with van der Waals surface area (Å²) in [6.07, 6.45) is 1.37. The highest BCUT2D eigenvalue weighted by Gasteiger charge is 2.04. The fourth-order valence-electron chi connectivity index (χ4n) is 2.45. The van der Waals surface area contributed by atoms with Gasteiger partial charge in [-0.3, -0.25) is 9.69 Å². The summed E-state index contributed by atoms with van der Waals surface area (Å²) in [6.45, 7) is 8.10. The summed E-state index contributed by atoms with van der Waals surface area (Å²) in [4.78, 5) is 14.3. The van der Waals surface area contributed by atoms with Crippen LogP contribution in [-0.2, 0) is 24.3 Å². The van der Waals surface area contributed by atoms with E-state index in [1.165, 1.54) is 11.1 Å². The van der Waals surface area contributed by atoms with E-state index in [4.69, 9.17) is 0 Å². The number of nitrogens with zero attached hydrogens (tertiary/aromatic N) is 1. The molecule has 0 radical (unpaired) electrons. The Morgan fingerprint density at radius 2 is 1.74 bits per heavy atom. The topological polar surface area (TPSA) is 32.3 Å². The number of hydrogen-bond acceptors (Lipinski definition) is 3. The minimum Gasteiger partial charge on any atom is -0.352 e. The van der Waals surface area contributed by atoms with E-state index in [-0.39, 0.29) is 5.91 Å². The monoisotopic (exact) mass is 330 g/mol. The van der Waals surface area contributed by atoms with Crippen LogP contribution in [-0.4, -0.2) is 23.9 Å². The Hall–Kier alpha value is -1.65. The average molecular weight is 330 g/mol. The van der Waals surface area contributed by atoms with Crippen molar-refractivity contribution in [3.8, 4) is 0 Å². The van der Waals surface area contributed by atoms with Crippen molar-refractivity contribution in [2.45, 2.75) is 39.8 Å². The number of carbonyl (C=O) groups excluding carboxylic acids is 1. The number of hydrogen-bond donors (Lipinski definition) is 1. The zero-order valence-electron chi connectivity index (χ0n) is 14.0. The summed E-state index contributed by atoms with van der Waals surface area (Å²) in [5.74, 6) is 0.114. The van der Waals surface area contributed by atoms with Gasteiger partial charge in [0.25, 0.3) is 0 Å². The molecular formula is C19H26N2OS. The van der Waals surface area contributed by atoms with Crippen molar-refractivity contribution in [2.75, 3.05) is 13.1 Å². The number of nitrogens with one attached hydrogen (secondary N) is 1. The maximum Gasteiger partial charge on any atom is 0.220 e. The van der Waals surface area contributed by atoms with E-state index in [1.54, 1.807) is 11.3 Å². The molecule has 0 aliphatic carbocycles. The molecule has 0 spiro atoms. The van der Waals surface area contributed by atoms with Crippen LogP contribution in [0.5, 0.6) is 0 Å². The quantitative estimate of drug-likeness (QED) is 0.757. The summed E-state index contributed by atoms with van der Waals surface area (Å²) in [5.41, 5.74) is 3.71. The highest BCUT2D eigenvalue weighted by Crippen LogP contribution is 2.09. The largest absolute Gasteiger partial charge is 0.352 e. The van der Waals surface area contributed by atoms with E-state index >= 15 is 0 Å². The molecule has 0 saturated heterocycles. The van der Waals surface area contributed by atoms with Crippen molar-refractivity contribution in [3.05, 3.63) is 57.8 Å². The van der Waals surface area contributed by atoms with E-state index in [1.807, 2.05) is 5.38 Å². The van der Waals surface area contributed by atoms with Crippen molar-refractivity contribution in [3.63, 3.8) is 0 Å². The lowest BCUT2D eigenvalue weighted by atomic mass is 10.1. The first-order valence-corrected chi connectivity index (χ1v) is 9.23. The SMILES string of the molecule is CCN(CC)Cc1ccc(CNC(=O)CCc2ccsc2)cc1. The summed E-state index contributed by atoms with van der Waals surface area (Å²) < 4.78 is 0. The van der Waals surface area contributed by atoms with E-state index < -0.39 is 0 Å². The standard InChI is InChI=1S/C19H26N2OS/c1-3-21(4-2)14-17-7-5-16(6-8-17)13-20-19(22)10-9-18-11-12-23-15-18/h5-8,11-12,15H,3-4,9-10,13-14H2,1-2H3,(H,20,22). The first kappa shape index (κ1) is 17.7. The van der Waals surface area contributed by atoms with Crippen LogP contribution in [0.1, 0.15) is 37.0 Å². The predicted octanol–water partition coefficient (Wildman–Crippen LogP) is 3.84. The van der Waals surface area contributed by atoms with E-state index in [9.17, 15) is 4.79 Å². The molecule has 0 saturated carbocycles. The van der Waals surface area contributed by atoms with Gasteiger partial charge >= 0.3 is 0 Å². The smallest absolute Gasteiger partial charge is 0.220 e. The lowest BCUT2D eigenvalue weighted by Crippen LogP contribution is -2.23. The lowest BCUT2D eigenvalue weighted by Gasteiger charge is -2.18. The van der Waals surface area contributed by atoms with Gasteiger partial charge in [0.1, 0.15) is 0 Å². The molecule has 1 amide bonds. The summed E-state index contributed by atoms with van der Waals surface area (Å²) in [5, 5.41) is 7.15. The van der Waals surface area contributed by atoms with Gasteiger partial charge in [-0.1, -0.05) is 38.1 Å². The maximum atomic E-state index is 11.9. The molecule has 1 aromatic heterocycles. The van der Waals surface area contributed by atoms with E-state index in [0.717, 1.165) is 31.6 Å². The fourth-order valence-corrected chi connectivity index (χ4v) is 3.15. The van der Waals surface area contributed by atoms with Crippen LogP contribution in [0.2, 0.25) is 0 Å². The number of amides is 1. The van der Waals surface area contributed by atoms with Crippen molar-refractivity contribution < 1.29 is 4.79 Å². The lowest BCUT2D eigenvalue weighted by molar-refractivity contribution is -0.121. The van der Waals surface area contributed by atoms with Gasteiger partial charge in [0.05, 0.1) is 0 Å². The predicted molar refractivity (Wildman–Crippen MR) is 97.6 cm³/mol. The van der Waals surface area contributed by atoms with Gasteiger partial charge in [-0.25, -0.2) is 0 Å². The maximum absolute atomic E-state index is 11.9. The van der Waals surface area contributed by atoms with Crippen LogP contribution in [0.3, 0.4) is 0 Å². The van der Waals surface area contributed by atoms with Crippen LogP contribution in [0.25, 0.3) is 0 Å². The Labute approximate surface area is 143 Å². The van der Waals surface area contributed by atoms with Crippen molar-refractivity contribution >= 4 is 17.2 Å². The molecular weight excluding hydrogens is 304 g/mol. The number of aryl methyl sites for hydroxylation is 1. The molecule has 1 heterocycles. The third-order valence-corrected chi connectivity index (χ3v) is 4.77. The summed E-state index contributed by atoms with van der Waals surface area (Å²) in [7, 11) is 0. The van der Waals surface area contributed by atoms with Gasteiger partial charge in [-0.05, 0) is 53.0 Å². The van der Waals surface area contributed by atoms with Gasteiger partial charge < -0.3 is 5.32 Å². The first-order chi connectivity index (χ1) is 11.2. The Bertz CT molecular complexity index is 574. The molecule has 2 rings (SSSR count). The molecule has 0 bridgehead atoms. The molecule has 0 atom stereocenters. The summed E-state index contributed by atoms with van der Waals surface area (Å²) in [6, 6.07) is 10.6. The molecule has 2 aromatic rings. The normalized spacial score (nSPS) is 10.9.